The molecule has 60 valence electrons. The third kappa shape index (κ3) is 3.65. The van der Waals surface area contributed by atoms with E-state index < -0.39 is 23.3 Å². The Bertz CT molecular complexity index is 154. The van der Waals surface area contributed by atoms with Crippen LogP contribution in [0.2, 0.25) is 0 Å². The SMILES string of the molecule is [Cl][Hg]/[C]1=C(\Cl)CCCCCC1. The van der Waals surface area contributed by atoms with E-state index in [-0.39, 0.29) is 0 Å². The maximum atomic E-state index is 6.11. The molecular formula is C8H12Cl2Hg. The molecule has 0 saturated carbocycles. The van der Waals surface area contributed by atoms with Gasteiger partial charge in [-0.25, -0.2) is 0 Å². The van der Waals surface area contributed by atoms with Gasteiger partial charge in [0.15, 0.2) is 0 Å². The van der Waals surface area contributed by atoms with Crippen LogP contribution in [-0.2, 0) is 23.3 Å². The molecule has 0 spiro atoms. The topological polar surface area (TPSA) is 0 Å². The van der Waals surface area contributed by atoms with Gasteiger partial charge in [0, 0.05) is 0 Å². The van der Waals surface area contributed by atoms with Gasteiger partial charge in [0.2, 0.25) is 0 Å². The van der Waals surface area contributed by atoms with E-state index in [1.807, 2.05) is 0 Å². The summed E-state index contributed by atoms with van der Waals surface area (Å²) < 4.78 is 1.49. The molecule has 0 unspecified atom stereocenters. The Morgan fingerprint density at radius 1 is 1.00 bits per heavy atom. The Labute approximate surface area is 89.2 Å². The molecule has 11 heavy (non-hydrogen) atoms. The average Bonchev–Trinajstić information content (AvgIpc) is 1.98. The molecule has 0 aliphatic heterocycles. The van der Waals surface area contributed by atoms with Crippen LogP contribution in [0.15, 0.2) is 8.11 Å². The van der Waals surface area contributed by atoms with E-state index in [2.05, 4.69) is 0 Å². The average molecular weight is 380 g/mol. The zero-order chi connectivity index (χ0) is 8.10. The molecule has 0 bridgehead atoms. The fraction of sp³-hybridized carbons (Fsp3) is 0.750. The van der Waals surface area contributed by atoms with Crippen LogP contribution in [0.1, 0.15) is 38.5 Å². The summed E-state index contributed by atoms with van der Waals surface area (Å²) in [5.41, 5.74) is 0. The van der Waals surface area contributed by atoms with Crippen LogP contribution in [0.3, 0.4) is 0 Å². The predicted octanol–water partition coefficient (Wildman–Crippen LogP) is 4.03. The van der Waals surface area contributed by atoms with E-state index >= 15 is 0 Å². The maximum absolute atomic E-state index is 6.11. The summed E-state index contributed by atoms with van der Waals surface area (Å²) >= 11 is 4.94. The Balaban J connectivity index is 2.56. The van der Waals surface area contributed by atoms with Crippen molar-refractivity contribution in [3.05, 3.63) is 8.11 Å². The number of halogens is 2. The second kappa shape index (κ2) is 5.82. The molecule has 0 saturated heterocycles. The minimum absolute atomic E-state index is 1.10. The summed E-state index contributed by atoms with van der Waals surface area (Å²) in [5, 5.41) is 1.13. The Morgan fingerprint density at radius 3 is 2.27 bits per heavy atom. The van der Waals surface area contributed by atoms with Gasteiger partial charge in [-0.05, 0) is 0 Å². The van der Waals surface area contributed by atoms with E-state index in [1.165, 1.54) is 35.2 Å². The molecule has 0 heterocycles. The number of hydrogen-bond acceptors (Lipinski definition) is 0. The fourth-order valence-corrected chi connectivity index (χ4v) is 8.17. The van der Waals surface area contributed by atoms with Crippen LogP contribution < -0.4 is 0 Å². The summed E-state index contributed by atoms with van der Waals surface area (Å²) in [6.07, 6.45) is 7.62. The normalized spacial score (nSPS) is 27.1. The summed E-state index contributed by atoms with van der Waals surface area (Å²) in [6, 6.07) is 0. The summed E-state index contributed by atoms with van der Waals surface area (Å²) in [4.78, 5) is 0. The monoisotopic (exact) mass is 380 g/mol. The first-order chi connectivity index (χ1) is 5.34. The van der Waals surface area contributed by atoms with Gasteiger partial charge < -0.3 is 0 Å². The van der Waals surface area contributed by atoms with Crippen molar-refractivity contribution in [2.75, 3.05) is 0 Å². The van der Waals surface area contributed by atoms with Crippen molar-refractivity contribution < 1.29 is 23.3 Å². The number of rotatable bonds is 1. The van der Waals surface area contributed by atoms with Gasteiger partial charge in [0.1, 0.15) is 0 Å². The number of allylic oxidation sites excluding steroid dienone is 2. The van der Waals surface area contributed by atoms with Gasteiger partial charge in [-0.3, -0.25) is 0 Å². The van der Waals surface area contributed by atoms with Gasteiger partial charge in [0.05, 0.1) is 0 Å². The molecule has 0 aromatic heterocycles. The van der Waals surface area contributed by atoms with Crippen molar-refractivity contribution in [1.29, 1.82) is 0 Å². The molecule has 3 heteroatoms. The Morgan fingerprint density at radius 2 is 1.64 bits per heavy atom. The molecule has 1 aliphatic rings. The third-order valence-corrected chi connectivity index (χ3v) is 10.6. The van der Waals surface area contributed by atoms with Crippen LogP contribution in [-0.4, -0.2) is 0 Å². The van der Waals surface area contributed by atoms with E-state index in [1.54, 1.807) is 0 Å². The molecule has 0 N–H and O–H groups in total. The van der Waals surface area contributed by atoms with Crippen molar-refractivity contribution >= 4 is 19.9 Å². The van der Waals surface area contributed by atoms with Gasteiger partial charge >= 0.3 is 89.8 Å². The van der Waals surface area contributed by atoms with Crippen LogP contribution in [0.25, 0.3) is 0 Å². The second-order valence-electron chi connectivity index (χ2n) is 3.06. The van der Waals surface area contributed by atoms with Crippen molar-refractivity contribution in [3.8, 4) is 0 Å². The van der Waals surface area contributed by atoms with E-state index in [0.29, 0.717) is 0 Å². The Hall–Kier alpha value is 1.26. The van der Waals surface area contributed by atoms with Crippen LogP contribution in [0, 0.1) is 0 Å². The van der Waals surface area contributed by atoms with Crippen molar-refractivity contribution in [2.24, 2.45) is 0 Å². The van der Waals surface area contributed by atoms with E-state index in [0.717, 1.165) is 11.5 Å². The van der Waals surface area contributed by atoms with Crippen LogP contribution >= 0.6 is 19.9 Å². The number of hydrogen-bond donors (Lipinski definition) is 0. The summed E-state index contributed by atoms with van der Waals surface area (Å²) in [6.45, 7) is 0. The first kappa shape index (κ1) is 10.3. The van der Waals surface area contributed by atoms with E-state index in [9.17, 15) is 0 Å². The molecule has 0 radical (unpaired) electrons. The fourth-order valence-electron chi connectivity index (χ4n) is 1.42. The van der Waals surface area contributed by atoms with Crippen LogP contribution in [0.4, 0.5) is 0 Å². The van der Waals surface area contributed by atoms with Gasteiger partial charge in [-0.15, -0.1) is 0 Å². The Kier molecular flexibility index (Phi) is 5.47. The standard InChI is InChI=1S/C8H12Cl.ClH.Hg/c9-8-6-4-2-1-3-5-7-8;;/h1-6H2;1H;/q;;+1/p-1. The summed E-state index contributed by atoms with van der Waals surface area (Å²) in [5.74, 6) is 0. The van der Waals surface area contributed by atoms with E-state index in [4.69, 9.17) is 19.9 Å². The quantitative estimate of drug-likeness (QED) is 0.604. The molecule has 0 aromatic carbocycles. The summed E-state index contributed by atoms with van der Waals surface area (Å²) in [7, 11) is 5.98. The molecule has 1 aliphatic carbocycles. The van der Waals surface area contributed by atoms with Gasteiger partial charge in [0.25, 0.3) is 0 Å². The molecule has 0 fully saturated rings. The van der Waals surface area contributed by atoms with Gasteiger partial charge in [-0.1, -0.05) is 0 Å². The van der Waals surface area contributed by atoms with Crippen molar-refractivity contribution in [2.45, 2.75) is 38.5 Å². The molecule has 0 atom stereocenters. The second-order valence-corrected chi connectivity index (χ2v) is 10.2. The molecule has 0 amide bonds. The molecule has 0 nitrogen and oxygen atoms in total. The van der Waals surface area contributed by atoms with Crippen LogP contribution in [0.5, 0.6) is 0 Å². The molecular weight excluding hydrogens is 368 g/mol. The first-order valence-corrected chi connectivity index (χ1v) is 14.2. The molecule has 1 rings (SSSR count). The van der Waals surface area contributed by atoms with Gasteiger partial charge in [-0.2, -0.15) is 0 Å². The third-order valence-electron chi connectivity index (χ3n) is 2.17. The van der Waals surface area contributed by atoms with Crippen molar-refractivity contribution in [3.63, 3.8) is 0 Å². The zero-order valence-corrected chi connectivity index (χ0v) is 13.7. The minimum atomic E-state index is -1.17. The molecule has 0 aromatic rings. The zero-order valence-electron chi connectivity index (χ0n) is 6.71. The predicted molar refractivity (Wildman–Crippen MR) is 46.4 cm³/mol. The first-order valence-electron chi connectivity index (χ1n) is 4.27. The van der Waals surface area contributed by atoms with Crippen molar-refractivity contribution in [1.82, 2.24) is 0 Å².